The summed E-state index contributed by atoms with van der Waals surface area (Å²) in [5, 5.41) is 9.98. The van der Waals surface area contributed by atoms with E-state index in [0.29, 0.717) is 11.6 Å². The molecule has 1 N–H and O–H groups in total. The quantitative estimate of drug-likeness (QED) is 0.908. The number of para-hydroxylation sites is 1. The topological polar surface area (TPSA) is 56.7 Å². The molecule has 2 heterocycles. The van der Waals surface area contributed by atoms with Crippen LogP contribution in [-0.4, -0.2) is 65.1 Å². The number of carbonyl (C=O) groups excluding carboxylic acids is 1. The van der Waals surface area contributed by atoms with E-state index in [9.17, 15) is 4.79 Å². The van der Waals surface area contributed by atoms with E-state index in [1.165, 1.54) is 0 Å². The summed E-state index contributed by atoms with van der Waals surface area (Å²) in [5.41, 5.74) is 2.43. The second kappa shape index (κ2) is 7.93. The average Bonchev–Trinajstić information content (AvgIpc) is 2.65. The van der Waals surface area contributed by atoms with Gasteiger partial charge >= 0.3 is 0 Å². The molecule has 5 heteroatoms. The molecule has 1 saturated heterocycles. The number of hydrogen-bond acceptors (Lipinski definition) is 4. The van der Waals surface area contributed by atoms with Crippen molar-refractivity contribution in [1.82, 2.24) is 14.8 Å². The Labute approximate surface area is 149 Å². The maximum atomic E-state index is 13.0. The van der Waals surface area contributed by atoms with E-state index in [-0.39, 0.29) is 12.5 Å². The highest BCUT2D eigenvalue weighted by Gasteiger charge is 2.26. The minimum atomic E-state index is 0.0835. The fourth-order valence-corrected chi connectivity index (χ4v) is 3.60. The monoisotopic (exact) mass is 341 g/mol. The van der Waals surface area contributed by atoms with Gasteiger partial charge in [-0.15, -0.1) is 0 Å². The van der Waals surface area contributed by atoms with Crippen LogP contribution in [0.2, 0.25) is 0 Å². The van der Waals surface area contributed by atoms with Crippen molar-refractivity contribution in [3.05, 3.63) is 41.6 Å². The van der Waals surface area contributed by atoms with Gasteiger partial charge in [0.25, 0.3) is 5.91 Å². The number of fused-ring (bicyclic) bond motifs is 1. The predicted octanol–water partition coefficient (Wildman–Crippen LogP) is 2.46. The second-order valence-electron chi connectivity index (χ2n) is 6.91. The van der Waals surface area contributed by atoms with E-state index in [1.54, 1.807) is 0 Å². The number of pyridine rings is 1. The van der Waals surface area contributed by atoms with Gasteiger partial charge in [-0.05, 0) is 45.4 Å². The fraction of sp³-hybridized carbons (Fsp3) is 0.500. The van der Waals surface area contributed by atoms with E-state index >= 15 is 0 Å². The summed E-state index contributed by atoms with van der Waals surface area (Å²) >= 11 is 0. The number of nitrogens with zero attached hydrogens (tertiary/aromatic N) is 3. The van der Waals surface area contributed by atoms with Crippen molar-refractivity contribution in [3.63, 3.8) is 0 Å². The Morgan fingerprint density at radius 2 is 2.04 bits per heavy atom. The van der Waals surface area contributed by atoms with Gasteiger partial charge < -0.3 is 14.9 Å². The van der Waals surface area contributed by atoms with Crippen LogP contribution in [0.4, 0.5) is 0 Å². The summed E-state index contributed by atoms with van der Waals surface area (Å²) < 4.78 is 0. The number of rotatable bonds is 5. The van der Waals surface area contributed by atoms with Crippen molar-refractivity contribution in [2.24, 2.45) is 0 Å². The van der Waals surface area contributed by atoms with Gasteiger partial charge in [-0.3, -0.25) is 9.78 Å². The van der Waals surface area contributed by atoms with E-state index in [1.807, 2.05) is 42.2 Å². The number of aliphatic hydroxyl groups excluding tert-OH is 1. The molecule has 0 aliphatic carbocycles. The first-order valence-electron chi connectivity index (χ1n) is 9.07. The lowest BCUT2D eigenvalue weighted by atomic mass is 10.0. The minimum Gasteiger partial charge on any atom is -0.396 e. The molecular formula is C20H27N3O2. The summed E-state index contributed by atoms with van der Waals surface area (Å²) in [6.45, 7) is 4.63. The van der Waals surface area contributed by atoms with Gasteiger partial charge in [0.1, 0.15) is 0 Å². The summed E-state index contributed by atoms with van der Waals surface area (Å²) in [7, 11) is 2.11. The first kappa shape index (κ1) is 17.8. The number of piperidine rings is 1. The third-order valence-electron chi connectivity index (χ3n) is 5.13. The highest BCUT2D eigenvalue weighted by molar-refractivity contribution is 6.05. The maximum Gasteiger partial charge on any atom is 0.256 e. The Kier molecular flexibility index (Phi) is 5.66. The van der Waals surface area contributed by atoms with E-state index in [2.05, 4.69) is 16.9 Å². The molecule has 0 unspecified atom stereocenters. The Bertz CT molecular complexity index is 739. The predicted molar refractivity (Wildman–Crippen MR) is 99.7 cm³/mol. The summed E-state index contributed by atoms with van der Waals surface area (Å²) in [6.07, 6.45) is 2.76. The second-order valence-corrected chi connectivity index (χ2v) is 6.91. The van der Waals surface area contributed by atoms with Crippen LogP contribution in [0, 0.1) is 6.92 Å². The number of aromatic nitrogens is 1. The van der Waals surface area contributed by atoms with Gasteiger partial charge in [0.15, 0.2) is 0 Å². The zero-order valence-corrected chi connectivity index (χ0v) is 15.1. The molecule has 5 nitrogen and oxygen atoms in total. The molecular weight excluding hydrogens is 314 g/mol. The third-order valence-corrected chi connectivity index (χ3v) is 5.13. The highest BCUT2D eigenvalue weighted by Crippen LogP contribution is 2.22. The molecule has 0 radical (unpaired) electrons. The van der Waals surface area contributed by atoms with Gasteiger partial charge in [0.05, 0.1) is 11.1 Å². The fourth-order valence-electron chi connectivity index (χ4n) is 3.60. The van der Waals surface area contributed by atoms with Crippen molar-refractivity contribution in [3.8, 4) is 0 Å². The number of aryl methyl sites for hydroxylation is 1. The maximum absolute atomic E-state index is 13.0. The molecule has 0 saturated carbocycles. The largest absolute Gasteiger partial charge is 0.396 e. The van der Waals surface area contributed by atoms with Crippen molar-refractivity contribution in [2.45, 2.75) is 32.2 Å². The molecule has 1 aromatic heterocycles. The summed E-state index contributed by atoms with van der Waals surface area (Å²) in [5.74, 6) is 0.0835. The molecule has 0 bridgehead atoms. The molecule has 1 aromatic carbocycles. The third kappa shape index (κ3) is 3.99. The van der Waals surface area contributed by atoms with Crippen molar-refractivity contribution < 1.29 is 9.90 Å². The normalized spacial score (nSPS) is 15.9. The molecule has 0 spiro atoms. The summed E-state index contributed by atoms with van der Waals surface area (Å²) in [6, 6.07) is 10.3. The number of likely N-dealkylation sites (tertiary alicyclic amines) is 1. The Morgan fingerprint density at radius 1 is 1.28 bits per heavy atom. The van der Waals surface area contributed by atoms with Crippen LogP contribution in [0.1, 0.15) is 35.3 Å². The van der Waals surface area contributed by atoms with Crippen molar-refractivity contribution >= 4 is 16.8 Å². The number of hydrogen-bond donors (Lipinski definition) is 1. The lowest BCUT2D eigenvalue weighted by molar-refractivity contribution is 0.0643. The van der Waals surface area contributed by atoms with Crippen LogP contribution in [-0.2, 0) is 0 Å². The highest BCUT2D eigenvalue weighted by atomic mass is 16.3. The molecule has 0 atom stereocenters. The summed E-state index contributed by atoms with van der Waals surface area (Å²) in [4.78, 5) is 21.9. The van der Waals surface area contributed by atoms with Gasteiger partial charge in [-0.1, -0.05) is 18.2 Å². The van der Waals surface area contributed by atoms with Gasteiger partial charge in [-0.25, -0.2) is 0 Å². The zero-order chi connectivity index (χ0) is 17.8. The van der Waals surface area contributed by atoms with Crippen molar-refractivity contribution in [2.75, 3.05) is 33.3 Å². The van der Waals surface area contributed by atoms with E-state index in [0.717, 1.165) is 55.5 Å². The molecule has 1 aliphatic heterocycles. The van der Waals surface area contributed by atoms with Crippen LogP contribution in [0.25, 0.3) is 10.9 Å². The SMILES string of the molecule is Cc1ccc2cccc(C(=O)N3CCC(N(C)CCCO)CC3)c2n1. The average molecular weight is 341 g/mol. The lowest BCUT2D eigenvalue weighted by Gasteiger charge is -2.36. The smallest absolute Gasteiger partial charge is 0.256 e. The van der Waals surface area contributed by atoms with Crippen LogP contribution < -0.4 is 0 Å². The molecule has 3 rings (SSSR count). The first-order chi connectivity index (χ1) is 12.1. The van der Waals surface area contributed by atoms with Gasteiger partial charge in [0.2, 0.25) is 0 Å². The van der Waals surface area contributed by atoms with E-state index in [4.69, 9.17) is 5.11 Å². The standard InChI is InChI=1S/C20H27N3O2/c1-15-7-8-16-5-3-6-18(19(16)21-15)20(25)23-12-9-17(10-13-23)22(2)11-4-14-24/h3,5-8,17,24H,4,9-14H2,1-2H3. The van der Waals surface area contributed by atoms with E-state index < -0.39 is 0 Å². The molecule has 1 fully saturated rings. The van der Waals surface area contributed by atoms with Crippen molar-refractivity contribution in [1.29, 1.82) is 0 Å². The number of benzene rings is 1. The first-order valence-corrected chi connectivity index (χ1v) is 9.07. The Balaban J connectivity index is 1.70. The number of amides is 1. The van der Waals surface area contributed by atoms with Crippen LogP contribution in [0.15, 0.2) is 30.3 Å². The number of carbonyl (C=O) groups is 1. The molecule has 1 aliphatic rings. The van der Waals surface area contributed by atoms with Crippen LogP contribution in [0.5, 0.6) is 0 Å². The zero-order valence-electron chi connectivity index (χ0n) is 15.1. The van der Waals surface area contributed by atoms with Gasteiger partial charge in [0, 0.05) is 43.4 Å². The molecule has 134 valence electrons. The lowest BCUT2D eigenvalue weighted by Crippen LogP contribution is -2.45. The molecule has 1 amide bonds. The Hall–Kier alpha value is -1.98. The van der Waals surface area contributed by atoms with Gasteiger partial charge in [-0.2, -0.15) is 0 Å². The Morgan fingerprint density at radius 3 is 2.76 bits per heavy atom. The number of aliphatic hydroxyl groups is 1. The van der Waals surface area contributed by atoms with Crippen LogP contribution in [0.3, 0.4) is 0 Å². The molecule has 2 aromatic rings. The minimum absolute atomic E-state index is 0.0835. The van der Waals surface area contributed by atoms with Crippen LogP contribution >= 0.6 is 0 Å². The molecule has 25 heavy (non-hydrogen) atoms.